The molecule has 1 aromatic heterocycles. The third-order valence-electron chi connectivity index (χ3n) is 6.07. The second kappa shape index (κ2) is 6.73. The van der Waals surface area contributed by atoms with Crippen LogP contribution in [0.1, 0.15) is 17.3 Å². The van der Waals surface area contributed by atoms with Gasteiger partial charge in [0.25, 0.3) is 0 Å². The van der Waals surface area contributed by atoms with E-state index in [-0.39, 0.29) is 24.2 Å². The number of halogens is 1. The lowest BCUT2D eigenvalue weighted by molar-refractivity contribution is -0.143. The number of hydrogen-bond acceptors (Lipinski definition) is 6. The van der Waals surface area contributed by atoms with E-state index < -0.39 is 23.5 Å². The van der Waals surface area contributed by atoms with Gasteiger partial charge in [-0.15, -0.1) is 10.2 Å². The number of likely N-dealkylation sites (tertiary alicyclic amines) is 1. The fourth-order valence-corrected chi connectivity index (χ4v) is 4.74. The van der Waals surface area contributed by atoms with E-state index in [1.165, 1.54) is 17.0 Å². The standard InChI is InChI=1S/C21H21FN4O4/c1-12-23-24-16(29-12)10-25(2)19(27)17-15-7-8-21(30-15)11-26(20(28)18(17)21)9-13-3-5-14(22)6-4-13/h3-8,15,17-18H,9-11H2,1-2H3/t15-,17?,18?,21-/m1/s1. The van der Waals surface area contributed by atoms with Gasteiger partial charge in [-0.25, -0.2) is 4.39 Å². The first kappa shape index (κ1) is 18.9. The van der Waals surface area contributed by atoms with Crippen molar-refractivity contribution >= 4 is 11.8 Å². The Morgan fingerprint density at radius 1 is 1.33 bits per heavy atom. The third kappa shape index (κ3) is 2.92. The number of amides is 2. The molecule has 8 nitrogen and oxygen atoms in total. The lowest BCUT2D eigenvalue weighted by Gasteiger charge is -2.27. The minimum atomic E-state index is -0.788. The molecule has 9 heteroatoms. The first-order chi connectivity index (χ1) is 14.4. The largest absolute Gasteiger partial charge is 0.424 e. The van der Waals surface area contributed by atoms with E-state index in [9.17, 15) is 14.0 Å². The second-order valence-corrected chi connectivity index (χ2v) is 8.13. The van der Waals surface area contributed by atoms with Gasteiger partial charge in [-0.1, -0.05) is 24.3 Å². The molecule has 1 aromatic carbocycles. The fraction of sp³-hybridized carbons (Fsp3) is 0.429. The molecule has 0 N–H and O–H groups in total. The monoisotopic (exact) mass is 412 g/mol. The number of carbonyl (C=O) groups excluding carboxylic acids is 2. The van der Waals surface area contributed by atoms with Crippen LogP contribution >= 0.6 is 0 Å². The summed E-state index contributed by atoms with van der Waals surface area (Å²) in [6.45, 7) is 2.57. The Morgan fingerprint density at radius 2 is 2.10 bits per heavy atom. The number of aryl methyl sites for hydroxylation is 1. The maximum Gasteiger partial charge on any atom is 0.235 e. The molecule has 5 rings (SSSR count). The van der Waals surface area contributed by atoms with Crippen molar-refractivity contribution in [3.05, 3.63) is 59.6 Å². The van der Waals surface area contributed by atoms with Gasteiger partial charge in [-0.2, -0.15) is 0 Å². The van der Waals surface area contributed by atoms with Gasteiger partial charge in [0.15, 0.2) is 0 Å². The fourth-order valence-electron chi connectivity index (χ4n) is 4.74. The molecule has 4 heterocycles. The van der Waals surface area contributed by atoms with Crippen molar-refractivity contribution in [1.82, 2.24) is 20.0 Å². The van der Waals surface area contributed by atoms with Gasteiger partial charge in [0.1, 0.15) is 11.4 Å². The molecule has 2 saturated heterocycles. The summed E-state index contributed by atoms with van der Waals surface area (Å²) in [5, 5.41) is 7.71. The molecule has 2 unspecified atom stereocenters. The Morgan fingerprint density at radius 3 is 2.80 bits per heavy atom. The van der Waals surface area contributed by atoms with Gasteiger partial charge in [-0.05, 0) is 17.7 Å². The third-order valence-corrected chi connectivity index (χ3v) is 6.07. The van der Waals surface area contributed by atoms with Crippen LogP contribution in [0.2, 0.25) is 0 Å². The molecule has 0 radical (unpaired) electrons. The highest BCUT2D eigenvalue weighted by Crippen LogP contribution is 2.52. The first-order valence-corrected chi connectivity index (χ1v) is 9.81. The number of rotatable bonds is 5. The molecule has 2 aromatic rings. The first-order valence-electron chi connectivity index (χ1n) is 9.81. The smallest absolute Gasteiger partial charge is 0.235 e. The number of ether oxygens (including phenoxy) is 1. The minimum Gasteiger partial charge on any atom is -0.424 e. The van der Waals surface area contributed by atoms with Crippen molar-refractivity contribution in [2.45, 2.75) is 31.7 Å². The van der Waals surface area contributed by atoms with Crippen LogP contribution in [-0.2, 0) is 27.4 Å². The highest BCUT2D eigenvalue weighted by Gasteiger charge is 2.67. The molecule has 0 aliphatic carbocycles. The summed E-state index contributed by atoms with van der Waals surface area (Å²) in [6.07, 6.45) is 3.36. The molecular weight excluding hydrogens is 391 g/mol. The topological polar surface area (TPSA) is 88.8 Å². The maximum absolute atomic E-state index is 13.3. The summed E-state index contributed by atoms with van der Waals surface area (Å²) in [4.78, 5) is 29.7. The van der Waals surface area contributed by atoms with Crippen molar-refractivity contribution in [2.24, 2.45) is 11.8 Å². The number of hydrogen-bond donors (Lipinski definition) is 0. The Labute approximate surface area is 172 Å². The van der Waals surface area contributed by atoms with Crippen LogP contribution in [-0.4, -0.2) is 57.1 Å². The summed E-state index contributed by atoms with van der Waals surface area (Å²) in [6, 6.07) is 6.06. The summed E-state index contributed by atoms with van der Waals surface area (Å²) < 4.78 is 24.7. The molecule has 3 aliphatic heterocycles. The van der Waals surface area contributed by atoms with Gasteiger partial charge in [0.2, 0.25) is 23.6 Å². The molecule has 0 saturated carbocycles. The van der Waals surface area contributed by atoms with Crippen molar-refractivity contribution in [2.75, 3.05) is 13.6 Å². The van der Waals surface area contributed by atoms with Crippen molar-refractivity contribution in [3.8, 4) is 0 Å². The molecule has 3 aliphatic rings. The summed E-state index contributed by atoms with van der Waals surface area (Å²) >= 11 is 0. The molecule has 4 atom stereocenters. The van der Waals surface area contributed by atoms with Crippen molar-refractivity contribution < 1.29 is 23.1 Å². The average Bonchev–Trinajstić information content (AvgIpc) is 3.45. The van der Waals surface area contributed by atoms with Gasteiger partial charge in [0.05, 0.1) is 31.0 Å². The SMILES string of the molecule is Cc1nnc(CN(C)C(=O)C2C3C(=O)N(Cc4ccc(F)cc4)C[C@]34C=C[C@H]2O4)o1. The van der Waals surface area contributed by atoms with E-state index in [1.54, 1.807) is 31.0 Å². The van der Waals surface area contributed by atoms with Crippen LogP contribution < -0.4 is 0 Å². The van der Waals surface area contributed by atoms with E-state index in [0.29, 0.717) is 24.9 Å². The summed E-state index contributed by atoms with van der Waals surface area (Å²) in [5.74, 6) is -1.04. The van der Waals surface area contributed by atoms with Crippen LogP contribution in [0.15, 0.2) is 40.8 Å². The lowest BCUT2D eigenvalue weighted by atomic mass is 9.76. The highest BCUT2D eigenvalue weighted by molar-refractivity contribution is 5.92. The predicted molar refractivity (Wildman–Crippen MR) is 101 cm³/mol. The molecule has 2 fully saturated rings. The molecule has 2 bridgehead atoms. The average molecular weight is 412 g/mol. The van der Waals surface area contributed by atoms with Crippen LogP contribution in [0.25, 0.3) is 0 Å². The number of nitrogens with zero attached hydrogens (tertiary/aromatic N) is 4. The van der Waals surface area contributed by atoms with Gasteiger partial charge < -0.3 is 19.0 Å². The van der Waals surface area contributed by atoms with E-state index >= 15 is 0 Å². The van der Waals surface area contributed by atoms with Crippen LogP contribution in [0.5, 0.6) is 0 Å². The van der Waals surface area contributed by atoms with E-state index in [4.69, 9.17) is 9.15 Å². The summed E-state index contributed by atoms with van der Waals surface area (Å²) in [7, 11) is 1.65. The zero-order valence-electron chi connectivity index (χ0n) is 16.6. The minimum absolute atomic E-state index is 0.119. The van der Waals surface area contributed by atoms with Gasteiger partial charge in [-0.3, -0.25) is 9.59 Å². The number of benzene rings is 1. The zero-order valence-corrected chi connectivity index (χ0v) is 16.6. The number of aromatic nitrogens is 2. The Balaban J connectivity index is 1.35. The van der Waals surface area contributed by atoms with Crippen LogP contribution in [0, 0.1) is 24.6 Å². The molecule has 2 amide bonds. The van der Waals surface area contributed by atoms with E-state index in [2.05, 4.69) is 10.2 Å². The molecule has 1 spiro atoms. The van der Waals surface area contributed by atoms with Gasteiger partial charge in [0, 0.05) is 20.5 Å². The highest BCUT2D eigenvalue weighted by atomic mass is 19.1. The number of fused-ring (bicyclic) bond motifs is 1. The normalized spacial score (nSPS) is 29.0. The Bertz CT molecular complexity index is 1040. The Kier molecular flexibility index (Phi) is 4.25. The predicted octanol–water partition coefficient (Wildman–Crippen LogP) is 1.46. The summed E-state index contributed by atoms with van der Waals surface area (Å²) in [5.41, 5.74) is 0.0377. The van der Waals surface area contributed by atoms with E-state index in [1.807, 2.05) is 12.2 Å². The quantitative estimate of drug-likeness (QED) is 0.691. The number of carbonyl (C=O) groups is 2. The molecule has 156 valence electrons. The second-order valence-electron chi connectivity index (χ2n) is 8.13. The lowest BCUT2D eigenvalue weighted by Crippen LogP contribution is -2.44. The van der Waals surface area contributed by atoms with Gasteiger partial charge >= 0.3 is 0 Å². The van der Waals surface area contributed by atoms with E-state index in [0.717, 1.165) is 5.56 Å². The maximum atomic E-state index is 13.3. The van der Waals surface area contributed by atoms with Crippen molar-refractivity contribution in [1.29, 1.82) is 0 Å². The zero-order chi connectivity index (χ0) is 21.0. The van der Waals surface area contributed by atoms with Crippen LogP contribution in [0.4, 0.5) is 4.39 Å². The van der Waals surface area contributed by atoms with Crippen LogP contribution in [0.3, 0.4) is 0 Å². The van der Waals surface area contributed by atoms with Crippen molar-refractivity contribution in [3.63, 3.8) is 0 Å². The Hall–Kier alpha value is -3.07. The molecular formula is C21H21FN4O4. The molecule has 30 heavy (non-hydrogen) atoms.